The molecule has 2 N–H and O–H groups in total. The Kier molecular flexibility index (Phi) is 6.67. The Morgan fingerprint density at radius 3 is 2.81 bits per heavy atom. The zero-order valence-corrected chi connectivity index (χ0v) is 17.4. The van der Waals surface area contributed by atoms with E-state index in [2.05, 4.69) is 26.9 Å². The van der Waals surface area contributed by atoms with E-state index in [-0.39, 0.29) is 12.7 Å². The molecule has 1 aliphatic heterocycles. The number of imidazole rings is 1. The van der Waals surface area contributed by atoms with E-state index in [1.807, 2.05) is 28.8 Å². The number of ether oxygens (including phenoxy) is 1. The van der Waals surface area contributed by atoms with Gasteiger partial charge in [-0.1, -0.05) is 11.1 Å². The fourth-order valence-electron chi connectivity index (χ4n) is 3.46. The summed E-state index contributed by atoms with van der Waals surface area (Å²) in [6.45, 7) is 5.07. The zero-order valence-electron chi connectivity index (χ0n) is 17.4. The van der Waals surface area contributed by atoms with Gasteiger partial charge in [0, 0.05) is 50.3 Å². The second-order valence-corrected chi connectivity index (χ2v) is 7.62. The molecule has 162 valence electrons. The minimum absolute atomic E-state index is 0.202. The molecule has 0 radical (unpaired) electrons. The number of nitrogens with zero attached hydrogens (tertiary/aromatic N) is 4. The van der Waals surface area contributed by atoms with Crippen LogP contribution in [0.2, 0.25) is 0 Å². The van der Waals surface area contributed by atoms with Gasteiger partial charge in [-0.25, -0.2) is 4.98 Å². The van der Waals surface area contributed by atoms with Crippen LogP contribution >= 0.6 is 0 Å². The van der Waals surface area contributed by atoms with Gasteiger partial charge in [0.15, 0.2) is 0 Å². The Bertz CT molecular complexity index is 1040. The van der Waals surface area contributed by atoms with Crippen molar-refractivity contribution in [3.63, 3.8) is 0 Å². The Morgan fingerprint density at radius 1 is 1.26 bits per heavy atom. The molecule has 0 spiro atoms. The van der Waals surface area contributed by atoms with E-state index in [0.29, 0.717) is 23.8 Å². The topological polar surface area (TPSA) is 96.8 Å². The first-order chi connectivity index (χ1) is 15.1. The van der Waals surface area contributed by atoms with Gasteiger partial charge in [-0.2, -0.15) is 0 Å². The Labute approximate surface area is 181 Å². The number of aliphatic hydroxyl groups is 2. The molecule has 8 heteroatoms. The number of hydrogen-bond acceptors (Lipinski definition) is 7. The van der Waals surface area contributed by atoms with E-state index in [1.54, 1.807) is 25.4 Å². The first-order valence-electron chi connectivity index (χ1n) is 10.4. The molecule has 3 aromatic rings. The number of aliphatic hydroxyl groups excluding tert-OH is 2. The van der Waals surface area contributed by atoms with Crippen molar-refractivity contribution in [3.8, 4) is 17.6 Å². The van der Waals surface area contributed by atoms with Crippen molar-refractivity contribution in [1.82, 2.24) is 19.6 Å². The summed E-state index contributed by atoms with van der Waals surface area (Å²) in [5.41, 5.74) is 1.57. The molecule has 1 atom stereocenters. The van der Waals surface area contributed by atoms with Crippen LogP contribution in [0.4, 0.5) is 0 Å². The van der Waals surface area contributed by atoms with Crippen LogP contribution in [0.3, 0.4) is 0 Å². The van der Waals surface area contributed by atoms with Crippen LogP contribution in [0.25, 0.3) is 0 Å². The molecule has 8 nitrogen and oxygen atoms in total. The van der Waals surface area contributed by atoms with Gasteiger partial charge in [0.05, 0.1) is 6.54 Å². The molecule has 2 aromatic heterocycles. The van der Waals surface area contributed by atoms with Gasteiger partial charge < -0.3 is 24.0 Å². The summed E-state index contributed by atoms with van der Waals surface area (Å²) < 4.78 is 13.1. The van der Waals surface area contributed by atoms with Gasteiger partial charge in [-0.3, -0.25) is 4.90 Å². The predicted molar refractivity (Wildman–Crippen MR) is 113 cm³/mol. The van der Waals surface area contributed by atoms with E-state index in [9.17, 15) is 5.11 Å². The second kappa shape index (κ2) is 9.79. The lowest BCUT2D eigenvalue weighted by molar-refractivity contribution is 0.0167. The molecule has 3 heterocycles. The molecular formula is C23H26N4O4. The first-order valence-corrected chi connectivity index (χ1v) is 10.4. The van der Waals surface area contributed by atoms with Gasteiger partial charge in [0.2, 0.25) is 5.76 Å². The van der Waals surface area contributed by atoms with Crippen LogP contribution in [0, 0.1) is 11.8 Å². The minimum Gasteiger partial charge on any atom is -0.488 e. The van der Waals surface area contributed by atoms with E-state index < -0.39 is 6.10 Å². The van der Waals surface area contributed by atoms with Crippen LogP contribution in [-0.2, 0) is 6.54 Å². The molecule has 4 rings (SSSR count). The highest BCUT2D eigenvalue weighted by Crippen LogP contribution is 2.19. The molecule has 1 saturated heterocycles. The van der Waals surface area contributed by atoms with Gasteiger partial charge in [-0.05, 0) is 43.5 Å². The maximum Gasteiger partial charge on any atom is 0.210 e. The molecule has 0 aliphatic carbocycles. The van der Waals surface area contributed by atoms with Gasteiger partial charge in [-0.15, -0.1) is 0 Å². The fourth-order valence-corrected chi connectivity index (χ4v) is 3.46. The van der Waals surface area contributed by atoms with Crippen molar-refractivity contribution in [2.75, 3.05) is 26.2 Å². The summed E-state index contributed by atoms with van der Waals surface area (Å²) >= 11 is 0. The monoisotopic (exact) mass is 422 g/mol. The van der Waals surface area contributed by atoms with Crippen molar-refractivity contribution >= 4 is 0 Å². The summed E-state index contributed by atoms with van der Waals surface area (Å²) in [4.78, 5) is 6.42. The van der Waals surface area contributed by atoms with Crippen molar-refractivity contribution in [1.29, 1.82) is 0 Å². The van der Waals surface area contributed by atoms with Crippen molar-refractivity contribution in [2.45, 2.75) is 32.1 Å². The van der Waals surface area contributed by atoms with E-state index in [0.717, 1.165) is 37.4 Å². The highest BCUT2D eigenvalue weighted by molar-refractivity contribution is 5.42. The summed E-state index contributed by atoms with van der Waals surface area (Å²) in [5, 5.41) is 22.7. The molecule has 1 aromatic carbocycles. The predicted octanol–water partition coefficient (Wildman–Crippen LogP) is 1.82. The maximum absolute atomic E-state index is 9.75. The lowest BCUT2D eigenvalue weighted by Crippen LogP contribution is -2.53. The molecular weight excluding hydrogens is 396 g/mol. The normalized spacial score (nSPS) is 15.2. The highest BCUT2D eigenvalue weighted by atomic mass is 16.5. The fraction of sp³-hybridized carbons (Fsp3) is 0.391. The van der Waals surface area contributed by atoms with Crippen LogP contribution in [0.5, 0.6) is 5.75 Å². The Hall–Kier alpha value is -3.12. The van der Waals surface area contributed by atoms with E-state index >= 15 is 0 Å². The third kappa shape index (κ3) is 5.52. The zero-order chi connectivity index (χ0) is 21.6. The minimum atomic E-state index is -0.650. The molecule has 0 bridgehead atoms. The van der Waals surface area contributed by atoms with Crippen molar-refractivity contribution in [3.05, 3.63) is 65.6 Å². The van der Waals surface area contributed by atoms with E-state index in [4.69, 9.17) is 14.4 Å². The van der Waals surface area contributed by atoms with Crippen molar-refractivity contribution in [2.24, 2.45) is 0 Å². The number of aromatic nitrogens is 3. The highest BCUT2D eigenvalue weighted by Gasteiger charge is 2.27. The summed E-state index contributed by atoms with van der Waals surface area (Å²) in [6.07, 6.45) is 3.80. The molecule has 0 unspecified atom stereocenters. The first kappa shape index (κ1) is 21.1. The standard InChI is InChI=1S/C23H26N4O4/c1-17(29)23-24-9-11-27(23)14-19-13-21(31-25-19)8-5-18-3-6-20(7-4-18)30-22-15-26(16-22)10-2-12-28/h3-4,6-7,9,11,13,17,22,28-29H,2,10,12,14-16H2,1H3/t17-/m0/s1. The number of rotatable bonds is 8. The molecule has 0 saturated carbocycles. The van der Waals surface area contributed by atoms with E-state index in [1.165, 1.54) is 0 Å². The SMILES string of the molecule is C[C@H](O)c1nccn1Cc1cc(C#Cc2ccc(OC3CN(CCCO)C3)cc2)on1. The third-order valence-electron chi connectivity index (χ3n) is 5.06. The summed E-state index contributed by atoms with van der Waals surface area (Å²) in [5.74, 6) is 7.94. The quantitative estimate of drug-likeness (QED) is 0.535. The van der Waals surface area contributed by atoms with Crippen LogP contribution in [0.1, 0.15) is 42.3 Å². The second-order valence-electron chi connectivity index (χ2n) is 7.62. The summed E-state index contributed by atoms with van der Waals surface area (Å²) in [7, 11) is 0. The van der Waals surface area contributed by atoms with Gasteiger partial charge in [0.1, 0.15) is 29.5 Å². The maximum atomic E-state index is 9.75. The lowest BCUT2D eigenvalue weighted by Gasteiger charge is -2.38. The average molecular weight is 422 g/mol. The molecule has 0 amide bonds. The lowest BCUT2D eigenvalue weighted by atomic mass is 10.1. The Balaban J connectivity index is 1.30. The number of benzene rings is 1. The largest absolute Gasteiger partial charge is 0.488 e. The number of likely N-dealkylation sites (tertiary alicyclic amines) is 1. The van der Waals surface area contributed by atoms with Gasteiger partial charge in [0.25, 0.3) is 0 Å². The molecule has 1 fully saturated rings. The molecule has 31 heavy (non-hydrogen) atoms. The number of hydrogen-bond donors (Lipinski definition) is 2. The smallest absolute Gasteiger partial charge is 0.210 e. The Morgan fingerprint density at radius 2 is 2.06 bits per heavy atom. The average Bonchev–Trinajstić information content (AvgIpc) is 3.39. The van der Waals surface area contributed by atoms with Crippen LogP contribution < -0.4 is 4.74 Å². The molecule has 1 aliphatic rings. The van der Waals surface area contributed by atoms with Crippen molar-refractivity contribution < 1.29 is 19.5 Å². The third-order valence-corrected chi connectivity index (χ3v) is 5.06. The van der Waals surface area contributed by atoms with Gasteiger partial charge >= 0.3 is 0 Å². The van der Waals surface area contributed by atoms with Crippen LogP contribution in [0.15, 0.2) is 47.2 Å². The summed E-state index contributed by atoms with van der Waals surface area (Å²) in [6, 6.07) is 9.46. The van der Waals surface area contributed by atoms with Crippen LogP contribution in [-0.4, -0.2) is 62.2 Å².